The Morgan fingerprint density at radius 1 is 1.18 bits per heavy atom. The number of pyridine rings is 1. The van der Waals surface area contributed by atoms with Gasteiger partial charge in [-0.2, -0.15) is 5.10 Å². The van der Waals surface area contributed by atoms with Gasteiger partial charge in [0.25, 0.3) is 0 Å². The summed E-state index contributed by atoms with van der Waals surface area (Å²) in [6.45, 7) is 1.95. The van der Waals surface area contributed by atoms with Crippen molar-refractivity contribution in [3.05, 3.63) is 53.7 Å². The molecule has 12 heteroatoms. The zero-order valence-corrected chi connectivity index (χ0v) is 17.8. The average Bonchev–Trinajstić information content (AvgIpc) is 3.14. The Labute approximate surface area is 186 Å². The Kier molecular flexibility index (Phi) is 5.73. The number of amides is 1. The predicted octanol–water partition coefficient (Wildman–Crippen LogP) is 2.97. The second kappa shape index (κ2) is 8.65. The van der Waals surface area contributed by atoms with Gasteiger partial charge in [-0.15, -0.1) is 0 Å². The van der Waals surface area contributed by atoms with E-state index < -0.39 is 17.7 Å². The molecule has 1 aromatic carbocycles. The van der Waals surface area contributed by atoms with Gasteiger partial charge >= 0.3 is 6.09 Å². The van der Waals surface area contributed by atoms with Crippen LogP contribution in [0.1, 0.15) is 12.5 Å². The molecule has 3 heterocycles. The number of nitrogens with zero attached hydrogens (tertiary/aromatic N) is 6. The molecular formula is C21H20F2N8O2. The summed E-state index contributed by atoms with van der Waals surface area (Å²) < 4.78 is 34.4. The number of ether oxygens (including phenoxy) is 1. The molecule has 3 aromatic heterocycles. The highest BCUT2D eigenvalue weighted by Crippen LogP contribution is 2.33. The third kappa shape index (κ3) is 3.97. The summed E-state index contributed by atoms with van der Waals surface area (Å²) in [5.41, 5.74) is 13.1. The third-order valence-electron chi connectivity index (χ3n) is 4.96. The lowest BCUT2D eigenvalue weighted by atomic mass is 10.2. The molecule has 0 aliphatic carbocycles. The summed E-state index contributed by atoms with van der Waals surface area (Å²) in [4.78, 5) is 25.8. The molecule has 0 spiro atoms. The van der Waals surface area contributed by atoms with Gasteiger partial charge in [-0.25, -0.2) is 33.2 Å². The fourth-order valence-corrected chi connectivity index (χ4v) is 3.46. The van der Waals surface area contributed by atoms with E-state index in [9.17, 15) is 13.6 Å². The van der Waals surface area contributed by atoms with E-state index in [2.05, 4.69) is 20.1 Å². The molecule has 170 valence electrons. The highest BCUT2D eigenvalue weighted by molar-refractivity contribution is 5.96. The molecule has 4 rings (SSSR count). The second-order valence-electron chi connectivity index (χ2n) is 7.00. The molecule has 10 nitrogen and oxygen atoms in total. The van der Waals surface area contributed by atoms with Gasteiger partial charge in [0.15, 0.2) is 23.1 Å². The number of methoxy groups -OCH3 is 1. The third-order valence-corrected chi connectivity index (χ3v) is 4.96. The maximum absolute atomic E-state index is 14.2. The number of nitrogen functional groups attached to an aromatic ring is 2. The van der Waals surface area contributed by atoms with Crippen molar-refractivity contribution in [3.63, 3.8) is 0 Å². The number of nitrogens with two attached hydrogens (primary N) is 2. The predicted molar refractivity (Wildman–Crippen MR) is 118 cm³/mol. The molecule has 0 bridgehead atoms. The number of carbonyl (C=O) groups excluding carboxylic acids is 1. The van der Waals surface area contributed by atoms with E-state index in [0.29, 0.717) is 16.6 Å². The molecule has 33 heavy (non-hydrogen) atoms. The number of aromatic nitrogens is 5. The van der Waals surface area contributed by atoms with Crippen molar-refractivity contribution in [3.8, 4) is 11.5 Å². The topological polar surface area (TPSA) is 138 Å². The zero-order chi connectivity index (χ0) is 23.7. The molecule has 4 aromatic rings. The summed E-state index contributed by atoms with van der Waals surface area (Å²) >= 11 is 0. The molecule has 1 amide bonds. The van der Waals surface area contributed by atoms with Gasteiger partial charge < -0.3 is 16.2 Å². The van der Waals surface area contributed by atoms with E-state index in [1.165, 1.54) is 28.8 Å². The van der Waals surface area contributed by atoms with Crippen molar-refractivity contribution in [1.82, 2.24) is 24.7 Å². The molecule has 0 aliphatic heterocycles. The molecule has 0 fully saturated rings. The van der Waals surface area contributed by atoms with E-state index >= 15 is 0 Å². The molecule has 0 saturated heterocycles. The summed E-state index contributed by atoms with van der Waals surface area (Å²) in [6, 6.07) is 7.44. The van der Waals surface area contributed by atoms with Crippen LogP contribution in [0, 0.1) is 11.6 Å². The van der Waals surface area contributed by atoms with Crippen LogP contribution in [0.4, 0.5) is 30.9 Å². The standard InChI is InChI=1S/C21H20F2N8O2/c1-3-30(21(32)33-2)16-17(24)27-19(28-18(16)25)15-13-8-12(22)9-26-20(13)31(29-15)10-11-6-4-5-7-14(11)23/h4-9H,3,10H2,1-2H3,(H4,24,25,27,28). The smallest absolute Gasteiger partial charge is 0.414 e. The van der Waals surface area contributed by atoms with Crippen molar-refractivity contribution in [2.45, 2.75) is 13.5 Å². The highest BCUT2D eigenvalue weighted by atomic mass is 19.1. The van der Waals surface area contributed by atoms with Crippen molar-refractivity contribution >= 4 is 34.4 Å². The molecule has 0 radical (unpaired) electrons. The lowest BCUT2D eigenvalue weighted by Crippen LogP contribution is -2.32. The summed E-state index contributed by atoms with van der Waals surface area (Å²) in [5, 5.41) is 4.73. The number of carbonyl (C=O) groups is 1. The van der Waals surface area contributed by atoms with Crippen LogP contribution in [0.3, 0.4) is 0 Å². The second-order valence-corrected chi connectivity index (χ2v) is 7.00. The van der Waals surface area contributed by atoms with E-state index in [4.69, 9.17) is 16.2 Å². The fraction of sp³-hybridized carbons (Fsp3) is 0.190. The summed E-state index contributed by atoms with van der Waals surface area (Å²) in [7, 11) is 1.22. The fourth-order valence-electron chi connectivity index (χ4n) is 3.46. The molecule has 4 N–H and O–H groups in total. The van der Waals surface area contributed by atoms with E-state index in [1.807, 2.05) is 0 Å². The Bertz CT molecular complexity index is 1330. The number of rotatable bonds is 5. The van der Waals surface area contributed by atoms with Crippen LogP contribution in [-0.2, 0) is 11.3 Å². The van der Waals surface area contributed by atoms with Gasteiger partial charge in [-0.05, 0) is 19.1 Å². The first-order chi connectivity index (χ1) is 15.8. The number of hydrogen-bond acceptors (Lipinski definition) is 8. The zero-order valence-electron chi connectivity index (χ0n) is 17.8. The number of halogens is 2. The lowest BCUT2D eigenvalue weighted by molar-refractivity contribution is 0.179. The van der Waals surface area contributed by atoms with Crippen LogP contribution >= 0.6 is 0 Å². The minimum atomic E-state index is -0.682. The maximum atomic E-state index is 14.2. The van der Waals surface area contributed by atoms with Gasteiger partial charge in [0.2, 0.25) is 0 Å². The molecular weight excluding hydrogens is 434 g/mol. The SMILES string of the molecule is CCN(C(=O)OC)c1c(N)nc(-c2nn(Cc3ccccc3F)c3ncc(F)cc23)nc1N. The average molecular weight is 454 g/mol. The number of benzene rings is 1. The first-order valence-electron chi connectivity index (χ1n) is 9.88. The van der Waals surface area contributed by atoms with Crippen LogP contribution < -0.4 is 16.4 Å². The number of anilines is 3. The monoisotopic (exact) mass is 454 g/mol. The van der Waals surface area contributed by atoms with E-state index in [0.717, 1.165) is 6.20 Å². The van der Waals surface area contributed by atoms with Crippen LogP contribution in [0.15, 0.2) is 36.5 Å². The van der Waals surface area contributed by atoms with Crippen LogP contribution in [-0.4, -0.2) is 44.5 Å². The summed E-state index contributed by atoms with van der Waals surface area (Å²) in [5.74, 6) is -1.20. The van der Waals surface area contributed by atoms with Crippen molar-refractivity contribution in [2.24, 2.45) is 0 Å². The van der Waals surface area contributed by atoms with Crippen LogP contribution in [0.5, 0.6) is 0 Å². The minimum absolute atomic E-state index is 0.000600. The summed E-state index contributed by atoms with van der Waals surface area (Å²) in [6.07, 6.45) is 0.353. The highest BCUT2D eigenvalue weighted by Gasteiger charge is 2.25. The van der Waals surface area contributed by atoms with Crippen LogP contribution in [0.25, 0.3) is 22.6 Å². The van der Waals surface area contributed by atoms with E-state index in [1.54, 1.807) is 25.1 Å². The Balaban J connectivity index is 1.86. The number of hydrogen-bond donors (Lipinski definition) is 2. The Morgan fingerprint density at radius 2 is 1.88 bits per heavy atom. The minimum Gasteiger partial charge on any atom is -0.452 e. The first kappa shape index (κ1) is 21.9. The molecule has 0 aliphatic rings. The lowest BCUT2D eigenvalue weighted by Gasteiger charge is -2.21. The van der Waals surface area contributed by atoms with E-state index in [-0.39, 0.29) is 41.9 Å². The quantitative estimate of drug-likeness (QED) is 0.469. The normalized spacial score (nSPS) is 11.0. The largest absolute Gasteiger partial charge is 0.452 e. The maximum Gasteiger partial charge on any atom is 0.414 e. The molecule has 0 saturated carbocycles. The Hall–Kier alpha value is -4.35. The van der Waals surface area contributed by atoms with Crippen molar-refractivity contribution in [2.75, 3.05) is 30.0 Å². The van der Waals surface area contributed by atoms with Gasteiger partial charge in [-0.1, -0.05) is 18.2 Å². The van der Waals surface area contributed by atoms with Gasteiger partial charge in [0.05, 0.1) is 25.2 Å². The first-order valence-corrected chi connectivity index (χ1v) is 9.88. The number of fused-ring (bicyclic) bond motifs is 1. The Morgan fingerprint density at radius 3 is 2.52 bits per heavy atom. The van der Waals surface area contributed by atoms with Gasteiger partial charge in [0, 0.05) is 12.1 Å². The van der Waals surface area contributed by atoms with Gasteiger partial charge in [0.1, 0.15) is 23.0 Å². The van der Waals surface area contributed by atoms with Crippen LogP contribution in [0.2, 0.25) is 0 Å². The van der Waals surface area contributed by atoms with Crippen molar-refractivity contribution < 1.29 is 18.3 Å². The van der Waals surface area contributed by atoms with Gasteiger partial charge in [-0.3, -0.25) is 4.90 Å². The molecule has 0 atom stereocenters. The molecule has 0 unspecified atom stereocenters. The van der Waals surface area contributed by atoms with Crippen molar-refractivity contribution in [1.29, 1.82) is 0 Å².